The van der Waals surface area contributed by atoms with E-state index in [1.165, 1.54) is 0 Å². The highest BCUT2D eigenvalue weighted by atomic mass is 16.2. The number of nitrogens with one attached hydrogen (secondary N) is 2. The third kappa shape index (κ3) is 6.88. The number of carbonyl (C=O) groups excluding carboxylic acids is 2. The molecule has 0 aliphatic rings. The van der Waals surface area contributed by atoms with Gasteiger partial charge in [-0.1, -0.05) is 24.3 Å². The van der Waals surface area contributed by atoms with E-state index in [0.717, 1.165) is 11.1 Å². The molecule has 0 fully saturated rings. The van der Waals surface area contributed by atoms with E-state index in [1.807, 2.05) is 111 Å². The summed E-state index contributed by atoms with van der Waals surface area (Å²) in [6.07, 6.45) is 0. The van der Waals surface area contributed by atoms with E-state index in [4.69, 9.17) is 0 Å². The third-order valence-corrected chi connectivity index (χ3v) is 5.84. The molecular formula is C26H46N4O2. The van der Waals surface area contributed by atoms with Gasteiger partial charge in [-0.05, 0) is 94.2 Å². The Morgan fingerprint density at radius 2 is 0.938 bits per heavy atom. The molecule has 0 aliphatic carbocycles. The van der Waals surface area contributed by atoms with E-state index in [0.29, 0.717) is 0 Å². The zero-order chi connectivity index (χ0) is 25.0. The van der Waals surface area contributed by atoms with Crippen molar-refractivity contribution in [1.29, 1.82) is 0 Å². The van der Waals surface area contributed by atoms with Gasteiger partial charge >= 0.3 is 12.1 Å². The topological polar surface area (TPSA) is 64.7 Å². The summed E-state index contributed by atoms with van der Waals surface area (Å²) in [5, 5.41) is 6.39. The van der Waals surface area contributed by atoms with Crippen LogP contribution in [0.3, 0.4) is 0 Å². The maximum atomic E-state index is 13.0. The summed E-state index contributed by atoms with van der Waals surface area (Å²) in [5.41, 5.74) is 0.833. The first-order chi connectivity index (χ1) is 14.5. The molecule has 182 valence electrons. The maximum Gasteiger partial charge on any atom is 0.318 e. The van der Waals surface area contributed by atoms with Crippen LogP contribution in [0, 0.1) is 0 Å². The average Bonchev–Trinajstić information content (AvgIpc) is 2.59. The first kappa shape index (κ1) is 27.8. The van der Waals surface area contributed by atoms with Crippen LogP contribution in [0.1, 0.15) is 94.2 Å². The summed E-state index contributed by atoms with van der Waals surface area (Å²) in [7, 11) is 0. The number of benzene rings is 1. The summed E-state index contributed by atoms with van der Waals surface area (Å²) < 4.78 is 0. The van der Waals surface area contributed by atoms with Gasteiger partial charge in [0.1, 0.15) is 0 Å². The van der Waals surface area contributed by atoms with Crippen molar-refractivity contribution in [2.24, 2.45) is 0 Å². The molecule has 6 heteroatoms. The second-order valence-corrected chi connectivity index (χ2v) is 10.9. The van der Waals surface area contributed by atoms with Crippen molar-refractivity contribution in [2.45, 2.75) is 118 Å². The fourth-order valence-electron chi connectivity index (χ4n) is 4.24. The highest BCUT2D eigenvalue weighted by Crippen LogP contribution is 2.27. The van der Waals surface area contributed by atoms with Crippen LogP contribution in [-0.2, 0) is 11.1 Å². The molecule has 0 unspecified atom stereocenters. The largest absolute Gasteiger partial charge is 0.329 e. The number of nitrogens with zero attached hydrogens (tertiary/aromatic N) is 2. The van der Waals surface area contributed by atoms with Crippen molar-refractivity contribution >= 4 is 12.1 Å². The Bertz CT molecular complexity index is 705. The van der Waals surface area contributed by atoms with Crippen LogP contribution in [0.25, 0.3) is 0 Å². The molecule has 0 saturated carbocycles. The molecule has 2 N–H and O–H groups in total. The molecule has 0 radical (unpaired) electrons. The highest BCUT2D eigenvalue weighted by molar-refractivity contribution is 5.76. The van der Waals surface area contributed by atoms with Crippen molar-refractivity contribution in [1.82, 2.24) is 20.4 Å². The first-order valence-electron chi connectivity index (χ1n) is 11.8. The maximum absolute atomic E-state index is 13.0. The quantitative estimate of drug-likeness (QED) is 0.529. The van der Waals surface area contributed by atoms with Crippen LogP contribution < -0.4 is 10.6 Å². The van der Waals surface area contributed by atoms with E-state index in [1.54, 1.807) is 0 Å². The van der Waals surface area contributed by atoms with E-state index < -0.39 is 11.1 Å². The molecule has 0 heterocycles. The normalized spacial score (nSPS) is 12.5. The van der Waals surface area contributed by atoms with Crippen LogP contribution in [-0.4, -0.2) is 46.0 Å². The molecule has 0 aromatic heterocycles. The molecule has 6 nitrogen and oxygen atoms in total. The monoisotopic (exact) mass is 446 g/mol. The van der Waals surface area contributed by atoms with Crippen molar-refractivity contribution in [3.8, 4) is 0 Å². The van der Waals surface area contributed by atoms with Crippen molar-refractivity contribution in [3.05, 3.63) is 35.4 Å². The SMILES string of the molecule is CC(C)N(C(=O)NC(C)(C)c1cccc(C(C)(C)NC(=O)N(C(C)C)C(C)C)c1)C(C)C. The fourth-order valence-corrected chi connectivity index (χ4v) is 4.24. The second-order valence-electron chi connectivity index (χ2n) is 10.9. The van der Waals surface area contributed by atoms with Crippen molar-refractivity contribution in [3.63, 3.8) is 0 Å². The van der Waals surface area contributed by atoms with Crippen molar-refractivity contribution < 1.29 is 9.59 Å². The van der Waals surface area contributed by atoms with Crippen LogP contribution in [0.15, 0.2) is 24.3 Å². The lowest BCUT2D eigenvalue weighted by molar-refractivity contribution is 0.155. The summed E-state index contributed by atoms with van der Waals surface area (Å²) in [4.78, 5) is 29.7. The highest BCUT2D eigenvalue weighted by Gasteiger charge is 2.31. The Hall–Kier alpha value is -2.24. The fraction of sp³-hybridized carbons (Fsp3) is 0.692. The number of hydrogen-bond acceptors (Lipinski definition) is 2. The molecule has 1 rings (SSSR count). The molecule has 0 saturated heterocycles. The number of amides is 4. The van der Waals surface area contributed by atoms with Gasteiger partial charge in [0, 0.05) is 24.2 Å². The average molecular weight is 447 g/mol. The van der Waals surface area contributed by atoms with E-state index in [-0.39, 0.29) is 36.2 Å². The molecule has 0 spiro atoms. The summed E-state index contributed by atoms with van der Waals surface area (Å²) in [5.74, 6) is 0. The van der Waals surface area contributed by atoms with E-state index in [9.17, 15) is 9.59 Å². The van der Waals surface area contributed by atoms with Crippen LogP contribution in [0.5, 0.6) is 0 Å². The zero-order valence-corrected chi connectivity index (χ0v) is 22.3. The number of hydrogen-bond donors (Lipinski definition) is 2. The molecule has 0 bridgehead atoms. The second kappa shape index (κ2) is 10.6. The Labute approximate surface area is 196 Å². The van der Waals surface area contributed by atoms with Gasteiger partial charge in [0.2, 0.25) is 0 Å². The van der Waals surface area contributed by atoms with Crippen LogP contribution >= 0.6 is 0 Å². The van der Waals surface area contributed by atoms with Gasteiger partial charge < -0.3 is 20.4 Å². The van der Waals surface area contributed by atoms with Gasteiger partial charge in [-0.2, -0.15) is 0 Å². The van der Waals surface area contributed by atoms with Gasteiger partial charge in [0.15, 0.2) is 0 Å². The number of urea groups is 2. The van der Waals surface area contributed by atoms with Crippen LogP contribution in [0.2, 0.25) is 0 Å². The number of carbonyl (C=O) groups is 2. The standard InChI is InChI=1S/C26H46N4O2/c1-17(2)29(18(3)4)23(31)27-25(9,10)21-14-13-15-22(16-21)26(11,12)28-24(32)30(19(5)6)20(7)8/h13-20H,1-12H3,(H,27,31)(H,28,32). The minimum absolute atomic E-state index is 0.0810. The van der Waals surface area contributed by atoms with Gasteiger partial charge in [0.25, 0.3) is 0 Å². The van der Waals surface area contributed by atoms with Gasteiger partial charge in [-0.25, -0.2) is 9.59 Å². The molecule has 1 aromatic carbocycles. The molecule has 0 aliphatic heterocycles. The Balaban J connectivity index is 3.15. The lowest BCUT2D eigenvalue weighted by atomic mass is 9.87. The molecule has 1 aromatic rings. The molecule has 32 heavy (non-hydrogen) atoms. The lowest BCUT2D eigenvalue weighted by Gasteiger charge is -2.37. The van der Waals surface area contributed by atoms with Crippen LogP contribution in [0.4, 0.5) is 9.59 Å². The van der Waals surface area contributed by atoms with E-state index in [2.05, 4.69) is 16.7 Å². The third-order valence-electron chi connectivity index (χ3n) is 5.84. The molecule has 4 amide bonds. The molecular weight excluding hydrogens is 400 g/mol. The minimum Gasteiger partial charge on any atom is -0.329 e. The predicted molar refractivity (Wildman–Crippen MR) is 134 cm³/mol. The molecule has 0 atom stereocenters. The predicted octanol–water partition coefficient (Wildman–Crippen LogP) is 5.81. The van der Waals surface area contributed by atoms with Gasteiger partial charge in [-0.15, -0.1) is 0 Å². The van der Waals surface area contributed by atoms with Crippen molar-refractivity contribution in [2.75, 3.05) is 0 Å². The summed E-state index contributed by atoms with van der Waals surface area (Å²) >= 11 is 0. The Kier molecular flexibility index (Phi) is 9.19. The summed E-state index contributed by atoms with van der Waals surface area (Å²) in [6.45, 7) is 24.2. The van der Waals surface area contributed by atoms with E-state index >= 15 is 0 Å². The lowest BCUT2D eigenvalue weighted by Crippen LogP contribution is -2.53. The summed E-state index contributed by atoms with van der Waals surface area (Å²) in [6, 6.07) is 8.36. The Morgan fingerprint density at radius 1 is 0.656 bits per heavy atom. The Morgan fingerprint density at radius 3 is 1.19 bits per heavy atom. The number of rotatable bonds is 8. The minimum atomic E-state index is -0.572. The zero-order valence-electron chi connectivity index (χ0n) is 22.3. The van der Waals surface area contributed by atoms with Gasteiger partial charge in [0.05, 0.1) is 11.1 Å². The van der Waals surface area contributed by atoms with Gasteiger partial charge in [-0.3, -0.25) is 0 Å². The first-order valence-corrected chi connectivity index (χ1v) is 11.8. The smallest absolute Gasteiger partial charge is 0.318 e.